The van der Waals surface area contributed by atoms with E-state index in [1.807, 2.05) is 0 Å². The molecule has 0 N–H and O–H groups in total. The van der Waals surface area contributed by atoms with Crippen molar-refractivity contribution in [1.29, 1.82) is 0 Å². The van der Waals surface area contributed by atoms with E-state index >= 15 is 0 Å². The molecule has 1 unspecified atom stereocenters. The SMILES string of the molecule is Br[Se+](c1ccccc1)c1ccc2c3c(ccc([Se]c4ccccc4)c13)CC2. The number of benzene rings is 4. The summed E-state index contributed by atoms with van der Waals surface area (Å²) in [7, 11) is 0. The summed E-state index contributed by atoms with van der Waals surface area (Å²) in [5.74, 6) is 0. The minimum atomic E-state index is -1.23. The Morgan fingerprint density at radius 2 is 1.30 bits per heavy atom. The van der Waals surface area contributed by atoms with Crippen LogP contribution in [0.1, 0.15) is 11.1 Å². The number of rotatable bonds is 4. The molecule has 27 heavy (non-hydrogen) atoms. The number of aryl methyl sites for hydroxylation is 2. The van der Waals surface area contributed by atoms with Crippen LogP contribution >= 0.6 is 14.1 Å². The molecule has 3 heteroatoms. The molecule has 0 heterocycles. The Bertz CT molecular complexity index is 1100. The van der Waals surface area contributed by atoms with E-state index in [4.69, 9.17) is 0 Å². The average molecular weight is 544 g/mol. The Kier molecular flexibility index (Phi) is 4.98. The van der Waals surface area contributed by atoms with Crippen molar-refractivity contribution in [2.45, 2.75) is 12.8 Å². The van der Waals surface area contributed by atoms with Gasteiger partial charge in [-0.25, -0.2) is 0 Å². The monoisotopic (exact) mass is 545 g/mol. The van der Waals surface area contributed by atoms with Crippen molar-refractivity contribution in [2.75, 3.05) is 0 Å². The van der Waals surface area contributed by atoms with Gasteiger partial charge in [0.15, 0.2) is 0 Å². The van der Waals surface area contributed by atoms with Gasteiger partial charge in [-0.2, -0.15) is 0 Å². The van der Waals surface area contributed by atoms with Gasteiger partial charge in [0.05, 0.1) is 0 Å². The van der Waals surface area contributed by atoms with E-state index < -0.39 is 12.1 Å². The molecule has 4 aromatic rings. The van der Waals surface area contributed by atoms with Crippen LogP contribution < -0.4 is 17.8 Å². The first-order valence-corrected chi connectivity index (χ1v) is 16.5. The van der Waals surface area contributed by atoms with Gasteiger partial charge in [0, 0.05) is 0 Å². The summed E-state index contributed by atoms with van der Waals surface area (Å²) in [6.45, 7) is 0. The second-order valence-electron chi connectivity index (χ2n) is 6.68. The normalized spacial score (nSPS) is 13.8. The van der Waals surface area contributed by atoms with Crippen LogP contribution in [-0.2, 0) is 12.8 Å². The number of hydrogen-bond donors (Lipinski definition) is 0. The maximum absolute atomic E-state index is 4.14. The summed E-state index contributed by atoms with van der Waals surface area (Å²) in [4.78, 5) is 0. The van der Waals surface area contributed by atoms with Crippen molar-refractivity contribution in [2.24, 2.45) is 0 Å². The van der Waals surface area contributed by atoms with Crippen molar-refractivity contribution < 1.29 is 0 Å². The van der Waals surface area contributed by atoms with Crippen LogP contribution in [0.3, 0.4) is 0 Å². The Labute approximate surface area is 177 Å². The molecule has 0 saturated carbocycles. The van der Waals surface area contributed by atoms with E-state index in [1.54, 1.807) is 5.39 Å². The predicted molar refractivity (Wildman–Crippen MR) is 123 cm³/mol. The first-order chi connectivity index (χ1) is 13.3. The fraction of sp³-hybridized carbons (Fsp3) is 0.0833. The van der Waals surface area contributed by atoms with Crippen LogP contribution in [0.5, 0.6) is 0 Å². The molecule has 0 aliphatic heterocycles. The van der Waals surface area contributed by atoms with Gasteiger partial charge >= 0.3 is 179 Å². The Morgan fingerprint density at radius 3 is 2.00 bits per heavy atom. The van der Waals surface area contributed by atoms with Crippen LogP contribution in [0.25, 0.3) is 10.8 Å². The van der Waals surface area contributed by atoms with Crippen LogP contribution in [0.4, 0.5) is 0 Å². The molecule has 0 radical (unpaired) electrons. The Morgan fingerprint density at radius 1 is 0.667 bits per heavy atom. The topological polar surface area (TPSA) is 0 Å². The second-order valence-corrected chi connectivity index (χ2v) is 15.4. The molecule has 1 aliphatic carbocycles. The van der Waals surface area contributed by atoms with Crippen molar-refractivity contribution >= 4 is 69.8 Å². The molecule has 0 saturated heterocycles. The van der Waals surface area contributed by atoms with Crippen molar-refractivity contribution in [3.63, 3.8) is 0 Å². The number of halogens is 1. The van der Waals surface area contributed by atoms with Crippen LogP contribution in [0.15, 0.2) is 84.9 Å². The third-order valence-corrected chi connectivity index (χ3v) is 14.0. The molecule has 5 rings (SSSR count). The summed E-state index contributed by atoms with van der Waals surface area (Å²) in [6.07, 6.45) is 2.37. The van der Waals surface area contributed by atoms with Gasteiger partial charge in [0.1, 0.15) is 0 Å². The average Bonchev–Trinajstić information content (AvgIpc) is 3.15. The third kappa shape index (κ3) is 3.33. The van der Waals surface area contributed by atoms with E-state index in [-0.39, 0.29) is 0 Å². The van der Waals surface area contributed by atoms with Gasteiger partial charge in [-0.05, 0) is 0 Å². The minimum absolute atomic E-state index is 0.325. The van der Waals surface area contributed by atoms with Gasteiger partial charge in [0.25, 0.3) is 0 Å². The predicted octanol–water partition coefficient (Wildman–Crippen LogP) is 3.09. The Hall–Kier alpha value is -1.34. The summed E-state index contributed by atoms with van der Waals surface area (Å²) in [5, 5.41) is 3.09. The molecule has 132 valence electrons. The second kappa shape index (κ2) is 7.58. The maximum atomic E-state index is 4.14. The van der Waals surface area contributed by atoms with Gasteiger partial charge in [-0.15, -0.1) is 0 Å². The zero-order valence-corrected chi connectivity index (χ0v) is 19.7. The van der Waals surface area contributed by atoms with E-state index in [0.29, 0.717) is 15.0 Å². The molecule has 0 aromatic heterocycles. The van der Waals surface area contributed by atoms with Crippen molar-refractivity contribution in [3.05, 3.63) is 96.1 Å². The van der Waals surface area contributed by atoms with E-state index in [0.717, 1.165) is 0 Å². The summed E-state index contributed by atoms with van der Waals surface area (Å²) in [6, 6.07) is 31.5. The van der Waals surface area contributed by atoms with Gasteiger partial charge in [0.2, 0.25) is 0 Å². The summed E-state index contributed by atoms with van der Waals surface area (Å²) < 4.78 is 5.93. The van der Waals surface area contributed by atoms with E-state index in [2.05, 4.69) is 99.0 Å². The summed E-state index contributed by atoms with van der Waals surface area (Å²) >= 11 is 3.23. The quantitative estimate of drug-likeness (QED) is 0.347. The van der Waals surface area contributed by atoms with Crippen LogP contribution in [-0.4, -0.2) is 27.0 Å². The van der Waals surface area contributed by atoms with Crippen molar-refractivity contribution in [1.82, 2.24) is 0 Å². The fourth-order valence-electron chi connectivity index (χ4n) is 3.78. The molecule has 0 amide bonds. The summed E-state index contributed by atoms with van der Waals surface area (Å²) in [5.41, 5.74) is 3.07. The van der Waals surface area contributed by atoms with Gasteiger partial charge in [-0.3, -0.25) is 0 Å². The molecule has 0 fully saturated rings. The van der Waals surface area contributed by atoms with Gasteiger partial charge < -0.3 is 0 Å². The molecule has 0 spiro atoms. The van der Waals surface area contributed by atoms with Gasteiger partial charge in [-0.1, -0.05) is 0 Å². The van der Waals surface area contributed by atoms with E-state index in [9.17, 15) is 0 Å². The number of hydrogen-bond acceptors (Lipinski definition) is 0. The zero-order valence-electron chi connectivity index (χ0n) is 14.7. The van der Waals surface area contributed by atoms with Crippen molar-refractivity contribution in [3.8, 4) is 0 Å². The first kappa shape index (κ1) is 17.7. The molecular weight excluding hydrogens is 526 g/mol. The first-order valence-electron chi connectivity index (χ1n) is 9.07. The molecule has 0 nitrogen and oxygen atoms in total. The third-order valence-electron chi connectivity index (χ3n) is 5.03. The molecular formula is C24H18BrSe2+. The zero-order chi connectivity index (χ0) is 18.2. The molecule has 1 atom stereocenters. The van der Waals surface area contributed by atoms with Crippen LogP contribution in [0, 0.1) is 0 Å². The Balaban J connectivity index is 1.72. The van der Waals surface area contributed by atoms with Crippen LogP contribution in [0.2, 0.25) is 0 Å². The molecule has 0 bridgehead atoms. The molecule has 1 aliphatic rings. The fourth-order valence-corrected chi connectivity index (χ4v) is 11.3. The standard InChI is InChI=1S/C24H18BrSe2/c25-27(20-9-5-2-6-10-20)22-16-14-18-12-11-17-13-15-21(24(22)23(17)18)26-19-7-3-1-4-8-19/h1-10,13-16H,11-12H2/q+1. The van der Waals surface area contributed by atoms with E-state index in [1.165, 1.54) is 47.2 Å². The molecule has 4 aromatic carbocycles.